The zero-order valence-corrected chi connectivity index (χ0v) is 5.84. The molecule has 1 saturated heterocycles. The monoisotopic (exact) mass is 130 g/mol. The molecule has 0 bridgehead atoms. The van der Waals surface area contributed by atoms with Crippen LogP contribution in [0.1, 0.15) is 6.92 Å². The third kappa shape index (κ3) is 1.64. The highest BCUT2D eigenvalue weighted by atomic mass is 16.5. The van der Waals surface area contributed by atoms with E-state index in [1.807, 2.05) is 0 Å². The molecule has 0 aromatic carbocycles. The molecule has 1 rings (SSSR count). The van der Waals surface area contributed by atoms with E-state index in [4.69, 9.17) is 10.5 Å². The molecule has 1 aliphatic rings. The number of nitrogens with zero attached hydrogens (tertiary/aromatic N) is 1. The van der Waals surface area contributed by atoms with Crippen LogP contribution < -0.4 is 5.73 Å². The van der Waals surface area contributed by atoms with Crippen molar-refractivity contribution >= 4 is 0 Å². The summed E-state index contributed by atoms with van der Waals surface area (Å²) in [4.78, 5) is 2.21. The molecule has 0 saturated carbocycles. The summed E-state index contributed by atoms with van der Waals surface area (Å²) in [6.45, 7) is 5.66. The largest absolute Gasteiger partial charge is 0.377 e. The average Bonchev–Trinajstić information content (AvgIpc) is 1.89. The normalized spacial score (nSPS) is 30.7. The molecule has 0 aliphatic carbocycles. The number of hydrogen-bond donors (Lipinski definition) is 1. The van der Waals surface area contributed by atoms with Crippen molar-refractivity contribution in [1.29, 1.82) is 0 Å². The summed E-state index contributed by atoms with van der Waals surface area (Å²) in [5.74, 6) is 0. The molecule has 0 radical (unpaired) electrons. The zero-order chi connectivity index (χ0) is 6.69. The van der Waals surface area contributed by atoms with Gasteiger partial charge in [0.25, 0.3) is 0 Å². The quantitative estimate of drug-likeness (QED) is 0.526. The van der Waals surface area contributed by atoms with Gasteiger partial charge in [0.05, 0.1) is 19.4 Å². The molecule has 0 aromatic rings. The van der Waals surface area contributed by atoms with Crippen LogP contribution in [0.15, 0.2) is 0 Å². The summed E-state index contributed by atoms with van der Waals surface area (Å²) in [6.07, 6.45) is 0.128. The van der Waals surface area contributed by atoms with Gasteiger partial charge in [-0.2, -0.15) is 0 Å². The maximum atomic E-state index is 5.69. The van der Waals surface area contributed by atoms with Gasteiger partial charge in [-0.05, 0) is 6.54 Å². The fourth-order valence-electron chi connectivity index (χ4n) is 1.05. The highest BCUT2D eigenvalue weighted by Crippen LogP contribution is 1.99. The Balaban J connectivity index is 2.30. The minimum atomic E-state index is 0.128. The fraction of sp³-hybridized carbons (Fsp3) is 1.00. The van der Waals surface area contributed by atoms with Crippen LogP contribution in [-0.4, -0.2) is 37.4 Å². The standard InChI is InChI=1S/C6H14N2O/c1-2-8-3-4-9-5-6(8)7/h6H,2-5,7H2,1H3. The second-order valence-corrected chi connectivity index (χ2v) is 2.27. The van der Waals surface area contributed by atoms with E-state index >= 15 is 0 Å². The van der Waals surface area contributed by atoms with Gasteiger partial charge in [0.15, 0.2) is 0 Å². The van der Waals surface area contributed by atoms with Crippen LogP contribution in [-0.2, 0) is 4.74 Å². The van der Waals surface area contributed by atoms with Crippen LogP contribution >= 0.6 is 0 Å². The molecule has 0 aromatic heterocycles. The van der Waals surface area contributed by atoms with E-state index in [1.165, 1.54) is 0 Å². The number of hydrogen-bond acceptors (Lipinski definition) is 3. The van der Waals surface area contributed by atoms with Crippen molar-refractivity contribution in [2.24, 2.45) is 5.73 Å². The summed E-state index contributed by atoms with van der Waals surface area (Å²) in [7, 11) is 0. The van der Waals surface area contributed by atoms with E-state index in [-0.39, 0.29) is 6.17 Å². The van der Waals surface area contributed by atoms with Crippen molar-refractivity contribution in [3.8, 4) is 0 Å². The van der Waals surface area contributed by atoms with Crippen LogP contribution in [0, 0.1) is 0 Å². The van der Waals surface area contributed by atoms with E-state index in [0.29, 0.717) is 6.61 Å². The Morgan fingerprint density at radius 2 is 2.56 bits per heavy atom. The van der Waals surface area contributed by atoms with Gasteiger partial charge in [0.2, 0.25) is 0 Å². The van der Waals surface area contributed by atoms with E-state index in [2.05, 4.69) is 11.8 Å². The molecule has 3 nitrogen and oxygen atoms in total. The van der Waals surface area contributed by atoms with Crippen LogP contribution in [0.25, 0.3) is 0 Å². The molecular weight excluding hydrogens is 116 g/mol. The smallest absolute Gasteiger partial charge is 0.0813 e. The summed E-state index contributed by atoms with van der Waals surface area (Å²) in [6, 6.07) is 0. The minimum Gasteiger partial charge on any atom is -0.377 e. The van der Waals surface area contributed by atoms with Crippen molar-refractivity contribution < 1.29 is 4.74 Å². The average molecular weight is 130 g/mol. The lowest BCUT2D eigenvalue weighted by Crippen LogP contribution is -2.50. The van der Waals surface area contributed by atoms with Crippen molar-refractivity contribution in [1.82, 2.24) is 4.90 Å². The number of nitrogens with two attached hydrogens (primary N) is 1. The van der Waals surface area contributed by atoms with Gasteiger partial charge < -0.3 is 10.5 Å². The predicted molar refractivity (Wildman–Crippen MR) is 36.0 cm³/mol. The lowest BCUT2D eigenvalue weighted by molar-refractivity contribution is -0.00219. The maximum absolute atomic E-state index is 5.69. The van der Waals surface area contributed by atoms with E-state index < -0.39 is 0 Å². The summed E-state index contributed by atoms with van der Waals surface area (Å²) in [5, 5.41) is 0. The Hall–Kier alpha value is -0.120. The first-order valence-electron chi connectivity index (χ1n) is 3.42. The van der Waals surface area contributed by atoms with Crippen LogP contribution in [0.5, 0.6) is 0 Å². The molecule has 2 N–H and O–H groups in total. The minimum absolute atomic E-state index is 0.128. The van der Waals surface area contributed by atoms with Crippen molar-refractivity contribution in [3.05, 3.63) is 0 Å². The third-order valence-electron chi connectivity index (χ3n) is 1.69. The Bertz CT molecular complexity index is 87.1. The molecule has 0 amide bonds. The number of likely N-dealkylation sites (N-methyl/N-ethyl adjacent to an activating group) is 1. The Labute approximate surface area is 55.8 Å². The highest BCUT2D eigenvalue weighted by Gasteiger charge is 2.16. The predicted octanol–water partition coefficient (Wildman–Crippen LogP) is -0.377. The van der Waals surface area contributed by atoms with Crippen LogP contribution in [0.2, 0.25) is 0 Å². The second-order valence-electron chi connectivity index (χ2n) is 2.27. The zero-order valence-electron chi connectivity index (χ0n) is 5.84. The van der Waals surface area contributed by atoms with Gasteiger partial charge in [0, 0.05) is 6.54 Å². The van der Waals surface area contributed by atoms with Crippen molar-refractivity contribution in [2.75, 3.05) is 26.3 Å². The van der Waals surface area contributed by atoms with Crippen LogP contribution in [0.4, 0.5) is 0 Å². The molecule has 1 heterocycles. The van der Waals surface area contributed by atoms with Gasteiger partial charge in [0.1, 0.15) is 0 Å². The van der Waals surface area contributed by atoms with Gasteiger partial charge >= 0.3 is 0 Å². The molecule has 3 heteroatoms. The van der Waals surface area contributed by atoms with Gasteiger partial charge in [-0.1, -0.05) is 6.92 Å². The first kappa shape index (κ1) is 6.99. The lowest BCUT2D eigenvalue weighted by atomic mass is 10.4. The van der Waals surface area contributed by atoms with Gasteiger partial charge in [-0.15, -0.1) is 0 Å². The molecule has 1 fully saturated rings. The number of rotatable bonds is 1. The Kier molecular flexibility index (Phi) is 2.45. The molecule has 0 spiro atoms. The SMILES string of the molecule is CCN1CCOCC1N. The van der Waals surface area contributed by atoms with E-state index in [0.717, 1.165) is 19.7 Å². The Morgan fingerprint density at radius 3 is 3.00 bits per heavy atom. The first-order valence-corrected chi connectivity index (χ1v) is 3.42. The molecule has 9 heavy (non-hydrogen) atoms. The first-order chi connectivity index (χ1) is 4.34. The molecule has 54 valence electrons. The van der Waals surface area contributed by atoms with Crippen molar-refractivity contribution in [2.45, 2.75) is 13.1 Å². The molecular formula is C6H14N2O. The molecule has 1 aliphatic heterocycles. The fourth-order valence-corrected chi connectivity index (χ4v) is 1.05. The summed E-state index contributed by atoms with van der Waals surface area (Å²) in [5.41, 5.74) is 5.69. The molecule has 1 atom stereocenters. The van der Waals surface area contributed by atoms with E-state index in [1.54, 1.807) is 0 Å². The van der Waals surface area contributed by atoms with E-state index in [9.17, 15) is 0 Å². The number of ether oxygens (including phenoxy) is 1. The van der Waals surface area contributed by atoms with Gasteiger partial charge in [-0.3, -0.25) is 4.90 Å². The third-order valence-corrected chi connectivity index (χ3v) is 1.69. The Morgan fingerprint density at radius 1 is 1.78 bits per heavy atom. The van der Waals surface area contributed by atoms with Gasteiger partial charge in [-0.25, -0.2) is 0 Å². The van der Waals surface area contributed by atoms with Crippen LogP contribution in [0.3, 0.4) is 0 Å². The topological polar surface area (TPSA) is 38.5 Å². The maximum Gasteiger partial charge on any atom is 0.0813 e. The van der Waals surface area contributed by atoms with Crippen molar-refractivity contribution in [3.63, 3.8) is 0 Å². The summed E-state index contributed by atoms with van der Waals surface area (Å²) >= 11 is 0. The highest BCUT2D eigenvalue weighted by molar-refractivity contribution is 4.67. The number of morpholine rings is 1. The summed E-state index contributed by atoms with van der Waals surface area (Å²) < 4.78 is 5.15. The molecule has 1 unspecified atom stereocenters. The lowest BCUT2D eigenvalue weighted by Gasteiger charge is -2.31. The second kappa shape index (κ2) is 3.15.